The van der Waals surface area contributed by atoms with Crippen LogP contribution < -0.4 is 9.80 Å². The quantitative estimate of drug-likeness (QED) is 0.0625. The minimum Gasteiger partial charge on any atom is -0.313 e. The van der Waals surface area contributed by atoms with E-state index in [-0.39, 0.29) is 5.41 Å². The Kier molecular flexibility index (Phi) is 20.1. The molecule has 7 fully saturated rings. The van der Waals surface area contributed by atoms with Crippen molar-refractivity contribution in [3.05, 3.63) is 159 Å². The smallest absolute Gasteiger partial charge is 0.0620 e. The Morgan fingerprint density at radius 2 is 0.711 bits per heavy atom. The average molecular weight is 1200 g/mol. The van der Waals surface area contributed by atoms with Gasteiger partial charge in [0, 0.05) is 44.3 Å². The molecule has 8 aliphatic rings. The van der Waals surface area contributed by atoms with E-state index in [1.165, 1.54) is 299 Å². The van der Waals surface area contributed by atoms with Gasteiger partial charge in [0.1, 0.15) is 0 Å². The highest BCUT2D eigenvalue weighted by atomic mass is 15.2. The van der Waals surface area contributed by atoms with Crippen LogP contribution in [0, 0.1) is 11.3 Å². The predicted octanol–water partition coefficient (Wildman–Crippen LogP) is 27.8. The van der Waals surface area contributed by atoms with Gasteiger partial charge in [0.2, 0.25) is 0 Å². The van der Waals surface area contributed by atoms with Crippen molar-refractivity contribution in [3.63, 3.8) is 0 Å². The molecule has 14 rings (SSSR count). The molecule has 0 bridgehead atoms. The first-order chi connectivity index (χ1) is 44.4. The summed E-state index contributed by atoms with van der Waals surface area (Å²) in [6.07, 6.45) is 59.9. The lowest BCUT2D eigenvalue weighted by Crippen LogP contribution is -2.33. The number of rotatable bonds is 18. The van der Waals surface area contributed by atoms with Crippen LogP contribution in [-0.2, 0) is 6.42 Å². The molecule has 0 amide bonds. The highest BCUT2D eigenvalue weighted by Crippen LogP contribution is 2.57. The zero-order valence-corrected chi connectivity index (χ0v) is 56.8. The summed E-state index contributed by atoms with van der Waals surface area (Å²) in [4.78, 5) is 5.95. The number of hydrogen-bond acceptors (Lipinski definition) is 2. The highest BCUT2D eigenvalue weighted by Gasteiger charge is 2.40. The Bertz CT molecular complexity index is 3240. The molecule has 90 heavy (non-hydrogen) atoms. The topological polar surface area (TPSA) is 6.48 Å². The third-order valence-corrected chi connectivity index (χ3v) is 25.2. The maximum atomic E-state index is 2.99. The highest BCUT2D eigenvalue weighted by molar-refractivity contribution is 6.23. The molecule has 0 aromatic heterocycles. The Hall–Kier alpha value is -5.08. The summed E-state index contributed by atoms with van der Waals surface area (Å²) in [5, 5.41) is 5.68. The number of benzene rings is 6. The van der Waals surface area contributed by atoms with Crippen molar-refractivity contribution in [1.29, 1.82) is 0 Å². The number of hydrogen-bond donors (Lipinski definition) is 0. The molecule has 0 radical (unpaired) electrons. The number of unbranched alkanes of at least 4 members (excludes halogenated alkanes) is 1. The second kappa shape index (κ2) is 29.1. The molecule has 2 heteroatoms. The largest absolute Gasteiger partial charge is 0.313 e. The summed E-state index contributed by atoms with van der Waals surface area (Å²) in [7, 11) is 0. The fraction of sp³-hybridized carbons (Fsp3) is 0.591. The molecule has 1 atom stereocenters. The molecule has 0 spiro atoms. The lowest BCUT2D eigenvalue weighted by Gasteiger charge is -2.44. The molecule has 0 heterocycles. The Balaban J connectivity index is 1.08. The van der Waals surface area contributed by atoms with Gasteiger partial charge in [0.05, 0.1) is 11.4 Å². The second-order valence-corrected chi connectivity index (χ2v) is 31.6. The van der Waals surface area contributed by atoms with Crippen LogP contribution in [0.15, 0.2) is 120 Å². The van der Waals surface area contributed by atoms with Gasteiger partial charge in [-0.3, -0.25) is 0 Å². The molecule has 0 N–H and O–H groups in total. The van der Waals surface area contributed by atoms with Crippen LogP contribution in [0.1, 0.15) is 352 Å². The standard InChI is InChI=1S/C88H116N2/c1-4-6-31-64-50-81(62-88(3,61-64)77-44-26-13-27-45-77)90(80-59-75(69-40-22-11-23-41-69)54-76(60-80)70-42-24-12-25-43-70)86-82-46-28-29-47-83(82)87(85-51-63(30-5-2)48-49-84(85)86)89(78-55-71(65-32-14-7-15-33-65)52-72(56-78)66-34-16-8-17-35-66)79-57-73(67-36-18-9-19-37-67)53-74(58-79)68-38-20-10-21-39-68/h28-29,46-61,65-70,77H,4-27,30-45,62H2,1-3H3. The van der Waals surface area contributed by atoms with E-state index in [1.807, 2.05) is 0 Å². The van der Waals surface area contributed by atoms with E-state index in [2.05, 4.69) is 140 Å². The summed E-state index contributed by atoms with van der Waals surface area (Å²) in [5.41, 5.74) is 21.6. The molecule has 1 unspecified atom stereocenters. The zero-order chi connectivity index (χ0) is 60.8. The van der Waals surface area contributed by atoms with Crippen LogP contribution in [0.3, 0.4) is 0 Å². The maximum absolute atomic E-state index is 2.99. The van der Waals surface area contributed by atoms with Gasteiger partial charge in [-0.1, -0.05) is 229 Å². The predicted molar refractivity (Wildman–Crippen MR) is 389 cm³/mol. The van der Waals surface area contributed by atoms with E-state index < -0.39 is 0 Å². The molecule has 478 valence electrons. The van der Waals surface area contributed by atoms with Crippen molar-refractivity contribution < 1.29 is 0 Å². The first kappa shape index (κ1) is 62.4. The SMILES string of the molecule is CCCCC1=CC(C)(C2CCCCC2)CC(N(c2cc(C3CCCCC3)cc(C3CCCCC3)c2)c2c3ccccc3c(N(c3cc(C4CCCCC4)cc(C4CCCCC4)c3)c3cc(C4CCCCC4)cc(C4CCCCC4)c3)c3cc(CCC)ccc23)=C1. The van der Waals surface area contributed by atoms with Gasteiger partial charge >= 0.3 is 0 Å². The molecule has 0 saturated heterocycles. The van der Waals surface area contributed by atoms with E-state index >= 15 is 0 Å². The van der Waals surface area contributed by atoms with Gasteiger partial charge < -0.3 is 9.80 Å². The Labute approximate surface area is 546 Å². The maximum Gasteiger partial charge on any atom is 0.0620 e. The average Bonchev–Trinajstić information content (AvgIpc) is 0.731. The van der Waals surface area contributed by atoms with Crippen molar-refractivity contribution in [2.45, 2.75) is 320 Å². The minimum atomic E-state index is 0.0917. The first-order valence-corrected chi connectivity index (χ1v) is 38.8. The number of anilines is 5. The fourth-order valence-corrected chi connectivity index (χ4v) is 20.2. The van der Waals surface area contributed by atoms with Crippen molar-refractivity contribution in [1.82, 2.24) is 0 Å². The van der Waals surface area contributed by atoms with Crippen LogP contribution in [0.2, 0.25) is 0 Å². The molecule has 6 aromatic rings. The molecule has 7 saturated carbocycles. The van der Waals surface area contributed by atoms with Crippen LogP contribution in [0.25, 0.3) is 21.5 Å². The van der Waals surface area contributed by atoms with Gasteiger partial charge in [-0.15, -0.1) is 0 Å². The van der Waals surface area contributed by atoms with E-state index in [9.17, 15) is 0 Å². The first-order valence-electron chi connectivity index (χ1n) is 38.8. The van der Waals surface area contributed by atoms with Crippen molar-refractivity contribution in [2.24, 2.45) is 11.3 Å². The summed E-state index contributed by atoms with van der Waals surface area (Å²) >= 11 is 0. The number of aryl methyl sites for hydroxylation is 1. The lowest BCUT2D eigenvalue weighted by molar-refractivity contribution is 0.185. The van der Waals surface area contributed by atoms with Gasteiger partial charge in [-0.05, 0) is 255 Å². The molecule has 8 aliphatic carbocycles. The summed E-state index contributed by atoms with van der Waals surface area (Å²) in [5.74, 6) is 4.44. The van der Waals surface area contributed by atoms with Gasteiger partial charge in [0.25, 0.3) is 0 Å². The van der Waals surface area contributed by atoms with Crippen molar-refractivity contribution in [3.8, 4) is 0 Å². The summed E-state index contributed by atoms with van der Waals surface area (Å²) in [6, 6.07) is 43.0. The van der Waals surface area contributed by atoms with E-state index in [0.717, 1.165) is 25.7 Å². The minimum absolute atomic E-state index is 0.0917. The third-order valence-electron chi connectivity index (χ3n) is 25.2. The monoisotopic (exact) mass is 1200 g/mol. The fourth-order valence-electron chi connectivity index (χ4n) is 20.2. The van der Waals surface area contributed by atoms with E-state index in [1.54, 1.807) is 39.0 Å². The summed E-state index contributed by atoms with van der Waals surface area (Å²) in [6.45, 7) is 7.53. The van der Waals surface area contributed by atoms with Gasteiger partial charge in [-0.2, -0.15) is 0 Å². The molecule has 0 aliphatic heterocycles. The number of nitrogens with zero attached hydrogens (tertiary/aromatic N) is 2. The molecular weight excluding hydrogens is 1080 g/mol. The second-order valence-electron chi connectivity index (χ2n) is 31.6. The van der Waals surface area contributed by atoms with Crippen molar-refractivity contribution >= 4 is 50.0 Å². The molecule has 2 nitrogen and oxygen atoms in total. The zero-order valence-electron chi connectivity index (χ0n) is 56.8. The van der Waals surface area contributed by atoms with E-state index in [4.69, 9.17) is 0 Å². The summed E-state index contributed by atoms with van der Waals surface area (Å²) < 4.78 is 0. The molecule has 6 aromatic carbocycles. The van der Waals surface area contributed by atoms with Crippen LogP contribution in [-0.4, -0.2) is 0 Å². The normalized spacial score (nSPS) is 22.9. The van der Waals surface area contributed by atoms with Crippen LogP contribution in [0.5, 0.6) is 0 Å². The van der Waals surface area contributed by atoms with Gasteiger partial charge in [-0.25, -0.2) is 0 Å². The molecular formula is C88H116N2. The number of fused-ring (bicyclic) bond motifs is 2. The van der Waals surface area contributed by atoms with Gasteiger partial charge in [0.15, 0.2) is 0 Å². The Morgan fingerprint density at radius 1 is 0.356 bits per heavy atom. The Morgan fingerprint density at radius 3 is 1.09 bits per heavy atom. The lowest BCUT2D eigenvalue weighted by atomic mass is 9.65. The third kappa shape index (κ3) is 13.6. The van der Waals surface area contributed by atoms with Crippen LogP contribution in [0.4, 0.5) is 28.4 Å². The number of allylic oxidation sites excluding steroid dienone is 4. The van der Waals surface area contributed by atoms with Crippen molar-refractivity contribution in [2.75, 3.05) is 9.80 Å². The van der Waals surface area contributed by atoms with E-state index in [0.29, 0.717) is 41.4 Å². The van der Waals surface area contributed by atoms with Crippen LogP contribution >= 0.6 is 0 Å².